The molecule has 0 aliphatic rings. The van der Waals surface area contributed by atoms with Crippen molar-refractivity contribution in [1.82, 2.24) is 10.6 Å². The van der Waals surface area contributed by atoms with E-state index in [1.165, 1.54) is 0 Å². The number of carbonyl (C=O) groups is 1. The largest absolute Gasteiger partial charge is 0.444 e. The maximum Gasteiger partial charge on any atom is 0.407 e. The zero-order valence-electron chi connectivity index (χ0n) is 15.1. The van der Waals surface area contributed by atoms with Crippen LogP contribution in [0, 0.1) is 11.8 Å². The van der Waals surface area contributed by atoms with Gasteiger partial charge in [0, 0.05) is 24.4 Å². The van der Waals surface area contributed by atoms with Crippen molar-refractivity contribution in [3.8, 4) is 0 Å². The quantitative estimate of drug-likeness (QED) is 0.604. The molecule has 3 unspecified atom stereocenters. The summed E-state index contributed by atoms with van der Waals surface area (Å²) in [7, 11) is 0. The second-order valence-electron chi connectivity index (χ2n) is 7.04. The van der Waals surface area contributed by atoms with Crippen LogP contribution in [0.5, 0.6) is 0 Å². The standard InChI is InChI=1S/C16H34N2O3S/c1-11(2)13(8-17-12(3)14(10-19)22-7)9-18-15(20)21-16(4,5)6/h11-14,17,19H,8-10H2,1-7H3,(H,18,20). The summed E-state index contributed by atoms with van der Waals surface area (Å²) in [6.07, 6.45) is 1.63. The molecule has 0 aromatic heterocycles. The lowest BCUT2D eigenvalue weighted by atomic mass is 9.95. The maximum absolute atomic E-state index is 11.7. The fourth-order valence-corrected chi connectivity index (χ4v) is 2.63. The summed E-state index contributed by atoms with van der Waals surface area (Å²) in [5.41, 5.74) is -0.475. The number of thioether (sulfide) groups is 1. The number of aliphatic hydroxyl groups excluding tert-OH is 1. The normalized spacial score (nSPS) is 16.2. The van der Waals surface area contributed by atoms with E-state index in [0.717, 1.165) is 6.54 Å². The Morgan fingerprint density at radius 2 is 1.82 bits per heavy atom. The molecule has 0 bridgehead atoms. The third-order valence-electron chi connectivity index (χ3n) is 3.59. The van der Waals surface area contributed by atoms with Gasteiger partial charge in [-0.3, -0.25) is 0 Å². The van der Waals surface area contributed by atoms with E-state index >= 15 is 0 Å². The molecule has 3 N–H and O–H groups in total. The third kappa shape index (κ3) is 9.54. The van der Waals surface area contributed by atoms with Gasteiger partial charge in [-0.2, -0.15) is 11.8 Å². The van der Waals surface area contributed by atoms with Crippen LogP contribution in [-0.2, 0) is 4.74 Å². The Hall–Kier alpha value is -0.460. The number of alkyl carbamates (subject to hydrolysis) is 1. The summed E-state index contributed by atoms with van der Waals surface area (Å²) in [6.45, 7) is 13.5. The lowest BCUT2D eigenvalue weighted by molar-refractivity contribution is 0.0514. The molecule has 0 aliphatic carbocycles. The average molecular weight is 335 g/mol. The smallest absolute Gasteiger partial charge is 0.407 e. The number of rotatable bonds is 9. The van der Waals surface area contributed by atoms with Crippen molar-refractivity contribution in [2.45, 2.75) is 58.4 Å². The molecule has 0 fully saturated rings. The van der Waals surface area contributed by atoms with E-state index in [0.29, 0.717) is 18.4 Å². The summed E-state index contributed by atoms with van der Waals surface area (Å²) >= 11 is 1.66. The van der Waals surface area contributed by atoms with Crippen molar-refractivity contribution < 1.29 is 14.6 Å². The molecule has 0 aromatic rings. The Kier molecular flexibility index (Phi) is 10.1. The van der Waals surface area contributed by atoms with Gasteiger partial charge in [0.2, 0.25) is 0 Å². The van der Waals surface area contributed by atoms with Crippen LogP contribution >= 0.6 is 11.8 Å². The number of carbonyl (C=O) groups excluding carboxylic acids is 1. The first-order valence-electron chi connectivity index (χ1n) is 7.94. The van der Waals surface area contributed by atoms with Crippen LogP contribution in [0.2, 0.25) is 0 Å². The van der Waals surface area contributed by atoms with Crippen molar-refractivity contribution in [2.24, 2.45) is 11.8 Å². The Morgan fingerprint density at radius 3 is 2.23 bits per heavy atom. The van der Waals surface area contributed by atoms with Crippen molar-refractivity contribution in [3.05, 3.63) is 0 Å². The summed E-state index contributed by atoms with van der Waals surface area (Å²) < 4.78 is 5.26. The zero-order chi connectivity index (χ0) is 17.3. The number of hydrogen-bond donors (Lipinski definition) is 3. The third-order valence-corrected chi connectivity index (χ3v) is 4.76. The van der Waals surface area contributed by atoms with Crippen LogP contribution in [0.1, 0.15) is 41.5 Å². The van der Waals surface area contributed by atoms with Crippen LogP contribution in [-0.4, -0.2) is 54.0 Å². The predicted molar refractivity (Wildman–Crippen MR) is 94.4 cm³/mol. The number of aliphatic hydroxyl groups is 1. The van der Waals surface area contributed by atoms with Crippen LogP contribution in [0.25, 0.3) is 0 Å². The highest BCUT2D eigenvalue weighted by Crippen LogP contribution is 2.13. The second-order valence-corrected chi connectivity index (χ2v) is 8.12. The molecule has 132 valence electrons. The van der Waals surface area contributed by atoms with Crippen molar-refractivity contribution in [3.63, 3.8) is 0 Å². The molecule has 22 heavy (non-hydrogen) atoms. The molecule has 0 radical (unpaired) electrons. The molecule has 3 atom stereocenters. The van der Waals surface area contributed by atoms with Gasteiger partial charge in [-0.15, -0.1) is 0 Å². The molecule has 6 heteroatoms. The van der Waals surface area contributed by atoms with Gasteiger partial charge in [-0.1, -0.05) is 13.8 Å². The summed E-state index contributed by atoms with van der Waals surface area (Å²) in [5, 5.41) is 15.8. The van der Waals surface area contributed by atoms with Gasteiger partial charge < -0.3 is 20.5 Å². The Labute approximate surface area is 140 Å². The minimum Gasteiger partial charge on any atom is -0.444 e. The molecular weight excluding hydrogens is 300 g/mol. The molecule has 1 amide bonds. The number of nitrogens with one attached hydrogen (secondary N) is 2. The second kappa shape index (κ2) is 10.3. The summed E-state index contributed by atoms with van der Waals surface area (Å²) in [4.78, 5) is 11.7. The van der Waals surface area contributed by atoms with E-state index in [-0.39, 0.29) is 24.0 Å². The maximum atomic E-state index is 11.7. The van der Waals surface area contributed by atoms with Gasteiger partial charge >= 0.3 is 6.09 Å². The van der Waals surface area contributed by atoms with E-state index in [1.54, 1.807) is 11.8 Å². The first kappa shape index (κ1) is 21.5. The van der Waals surface area contributed by atoms with E-state index in [1.807, 2.05) is 27.0 Å². The number of amides is 1. The van der Waals surface area contributed by atoms with E-state index in [4.69, 9.17) is 4.74 Å². The van der Waals surface area contributed by atoms with Gasteiger partial charge in [-0.05, 0) is 45.8 Å². The molecular formula is C16H34N2O3S. The Bertz CT molecular complexity index is 315. The highest BCUT2D eigenvalue weighted by Gasteiger charge is 2.21. The number of hydrogen-bond acceptors (Lipinski definition) is 5. The number of ether oxygens (including phenoxy) is 1. The van der Waals surface area contributed by atoms with Crippen molar-refractivity contribution >= 4 is 17.9 Å². The summed E-state index contributed by atoms with van der Waals surface area (Å²) in [5.74, 6) is 0.757. The molecule has 0 aliphatic heterocycles. The Morgan fingerprint density at radius 1 is 1.23 bits per heavy atom. The molecule has 5 nitrogen and oxygen atoms in total. The molecule has 0 saturated heterocycles. The topological polar surface area (TPSA) is 70.6 Å². The van der Waals surface area contributed by atoms with E-state index in [9.17, 15) is 9.90 Å². The first-order chi connectivity index (χ1) is 10.1. The minimum atomic E-state index is -0.475. The lowest BCUT2D eigenvalue weighted by Crippen LogP contribution is -2.44. The van der Waals surface area contributed by atoms with Gasteiger partial charge in [-0.25, -0.2) is 4.79 Å². The van der Waals surface area contributed by atoms with E-state index < -0.39 is 5.60 Å². The first-order valence-corrected chi connectivity index (χ1v) is 9.23. The van der Waals surface area contributed by atoms with Crippen LogP contribution in [0.4, 0.5) is 4.79 Å². The van der Waals surface area contributed by atoms with E-state index in [2.05, 4.69) is 31.4 Å². The fourth-order valence-electron chi connectivity index (χ4n) is 1.98. The highest BCUT2D eigenvalue weighted by molar-refractivity contribution is 7.99. The van der Waals surface area contributed by atoms with Gasteiger partial charge in [0.1, 0.15) is 5.60 Å². The van der Waals surface area contributed by atoms with Crippen LogP contribution < -0.4 is 10.6 Å². The molecule has 0 rings (SSSR count). The average Bonchev–Trinajstić information content (AvgIpc) is 2.37. The zero-order valence-corrected chi connectivity index (χ0v) is 15.9. The van der Waals surface area contributed by atoms with Gasteiger partial charge in [0.15, 0.2) is 0 Å². The van der Waals surface area contributed by atoms with Crippen LogP contribution in [0.3, 0.4) is 0 Å². The molecule has 0 aromatic carbocycles. The van der Waals surface area contributed by atoms with Gasteiger partial charge in [0.25, 0.3) is 0 Å². The monoisotopic (exact) mass is 334 g/mol. The molecule has 0 spiro atoms. The van der Waals surface area contributed by atoms with Gasteiger partial charge in [0.05, 0.1) is 6.61 Å². The van der Waals surface area contributed by atoms with Crippen LogP contribution in [0.15, 0.2) is 0 Å². The Balaban J connectivity index is 4.30. The predicted octanol–water partition coefficient (Wildman–Crippen LogP) is 2.49. The fraction of sp³-hybridized carbons (Fsp3) is 0.938. The minimum absolute atomic E-state index is 0.165. The highest BCUT2D eigenvalue weighted by atomic mass is 32.2. The lowest BCUT2D eigenvalue weighted by Gasteiger charge is -2.27. The van der Waals surface area contributed by atoms with Crippen molar-refractivity contribution in [2.75, 3.05) is 26.0 Å². The van der Waals surface area contributed by atoms with Crippen molar-refractivity contribution in [1.29, 1.82) is 0 Å². The molecule has 0 saturated carbocycles. The molecule has 0 heterocycles. The summed E-state index contributed by atoms with van der Waals surface area (Å²) in [6, 6.07) is 0.225. The SMILES string of the molecule is CSC(CO)C(C)NCC(CNC(=O)OC(C)(C)C)C(C)C.